The van der Waals surface area contributed by atoms with Gasteiger partial charge in [-0.15, -0.1) is 0 Å². The van der Waals surface area contributed by atoms with Crippen molar-refractivity contribution in [1.29, 1.82) is 0 Å². The van der Waals surface area contributed by atoms with E-state index in [0.29, 0.717) is 28.2 Å². The average Bonchev–Trinajstić information content (AvgIpc) is 3.36. The molecule has 0 bridgehead atoms. The Balaban J connectivity index is 1.39. The molecule has 0 spiro atoms. The summed E-state index contributed by atoms with van der Waals surface area (Å²) in [4.78, 5) is 12.1. The fraction of sp³-hybridized carbons (Fsp3) is 0.333. The molecule has 1 aliphatic rings. The molecule has 0 saturated carbocycles. The van der Waals surface area contributed by atoms with Crippen LogP contribution in [0.5, 0.6) is 5.75 Å². The van der Waals surface area contributed by atoms with E-state index in [1.807, 2.05) is 0 Å². The summed E-state index contributed by atoms with van der Waals surface area (Å²) >= 11 is 10.9. The van der Waals surface area contributed by atoms with Crippen LogP contribution in [0.15, 0.2) is 40.8 Å². The Morgan fingerprint density at radius 2 is 2.04 bits per heavy atom. The predicted octanol–water partition coefficient (Wildman–Crippen LogP) is 2.80. The highest BCUT2D eigenvalue weighted by Crippen LogP contribution is 2.17. The largest absolute Gasteiger partial charge is 0.486 e. The van der Waals surface area contributed by atoms with Crippen LogP contribution in [0.3, 0.4) is 0 Å². The molecule has 2 heterocycles. The Labute approximate surface area is 167 Å². The van der Waals surface area contributed by atoms with Gasteiger partial charge >= 0.3 is 5.91 Å². The van der Waals surface area contributed by atoms with Crippen LogP contribution in [0.25, 0.3) is 0 Å². The van der Waals surface area contributed by atoms with Gasteiger partial charge in [0, 0.05) is 18.2 Å². The molecule has 1 saturated heterocycles. The van der Waals surface area contributed by atoms with Gasteiger partial charge in [-0.1, -0.05) is 11.6 Å². The first kappa shape index (κ1) is 19.5. The van der Waals surface area contributed by atoms with Gasteiger partial charge in [-0.05, 0) is 61.5 Å². The molecule has 1 unspecified atom stereocenters. The minimum absolute atomic E-state index is 0.152. The maximum absolute atomic E-state index is 12.1. The van der Waals surface area contributed by atoms with Crippen LogP contribution in [-0.4, -0.2) is 30.3 Å². The normalized spacial score (nSPS) is 16.0. The summed E-state index contributed by atoms with van der Waals surface area (Å²) < 4.78 is 16.5. The number of benzene rings is 1. The predicted molar refractivity (Wildman–Crippen MR) is 105 cm³/mol. The van der Waals surface area contributed by atoms with E-state index in [2.05, 4.69) is 16.2 Å². The zero-order chi connectivity index (χ0) is 19.1. The second kappa shape index (κ2) is 9.59. The van der Waals surface area contributed by atoms with Crippen molar-refractivity contribution < 1.29 is 18.7 Å². The van der Waals surface area contributed by atoms with E-state index < -0.39 is 5.91 Å². The number of hydrogen-bond acceptors (Lipinski definition) is 5. The van der Waals surface area contributed by atoms with Crippen molar-refractivity contribution in [3.63, 3.8) is 0 Å². The van der Waals surface area contributed by atoms with Gasteiger partial charge in [-0.25, -0.2) is 0 Å². The molecule has 9 heteroatoms. The highest BCUT2D eigenvalue weighted by atomic mass is 35.5. The quantitative estimate of drug-likeness (QED) is 0.499. The molecule has 1 aromatic heterocycles. The van der Waals surface area contributed by atoms with Crippen LogP contribution in [-0.2, 0) is 11.3 Å². The maximum atomic E-state index is 12.1. The second-order valence-corrected chi connectivity index (χ2v) is 6.78. The van der Waals surface area contributed by atoms with Crippen LogP contribution in [0.4, 0.5) is 0 Å². The molecule has 7 nitrogen and oxygen atoms in total. The molecule has 27 heavy (non-hydrogen) atoms. The van der Waals surface area contributed by atoms with Gasteiger partial charge in [0.15, 0.2) is 10.9 Å². The number of amides is 1. The summed E-state index contributed by atoms with van der Waals surface area (Å²) in [6.07, 6.45) is 2.23. The fourth-order valence-corrected chi connectivity index (χ4v) is 2.75. The van der Waals surface area contributed by atoms with Crippen molar-refractivity contribution in [2.75, 3.05) is 13.2 Å². The first-order chi connectivity index (χ1) is 13.1. The van der Waals surface area contributed by atoms with Crippen LogP contribution in [0, 0.1) is 0 Å². The lowest BCUT2D eigenvalue weighted by Crippen LogP contribution is -2.48. The molecular formula is C18H20ClN3O4S. The summed E-state index contributed by atoms with van der Waals surface area (Å²) in [6.45, 7) is 1.59. The number of furan rings is 1. The molecule has 1 aromatic carbocycles. The number of rotatable bonds is 6. The molecule has 0 aliphatic carbocycles. The average molecular weight is 410 g/mol. The summed E-state index contributed by atoms with van der Waals surface area (Å²) in [7, 11) is 0. The molecule has 1 atom stereocenters. The van der Waals surface area contributed by atoms with E-state index in [0.717, 1.165) is 19.4 Å². The fourth-order valence-electron chi connectivity index (χ4n) is 2.49. The minimum atomic E-state index is -0.436. The number of thiocarbonyl (C=S) groups is 1. The number of hydrogen-bond donors (Lipinski definition) is 3. The lowest BCUT2D eigenvalue weighted by Gasteiger charge is -2.14. The summed E-state index contributed by atoms with van der Waals surface area (Å²) in [5.74, 6) is 0.897. The van der Waals surface area contributed by atoms with E-state index in [1.54, 1.807) is 36.4 Å². The van der Waals surface area contributed by atoms with E-state index in [-0.39, 0.29) is 18.5 Å². The van der Waals surface area contributed by atoms with Gasteiger partial charge in [-0.2, -0.15) is 0 Å². The van der Waals surface area contributed by atoms with E-state index in [1.165, 1.54) is 0 Å². The molecule has 3 N–H and O–H groups in total. The monoisotopic (exact) mass is 409 g/mol. The maximum Gasteiger partial charge on any atom is 0.305 e. The smallest absolute Gasteiger partial charge is 0.305 e. The number of halogens is 1. The van der Waals surface area contributed by atoms with Crippen molar-refractivity contribution in [2.45, 2.75) is 25.6 Å². The third-order valence-electron chi connectivity index (χ3n) is 3.88. The van der Waals surface area contributed by atoms with Crippen LogP contribution in [0.1, 0.15) is 29.2 Å². The van der Waals surface area contributed by atoms with Crippen LogP contribution >= 0.6 is 23.8 Å². The van der Waals surface area contributed by atoms with Crippen molar-refractivity contribution >= 4 is 34.8 Å². The molecule has 2 aromatic rings. The van der Waals surface area contributed by atoms with Gasteiger partial charge < -0.3 is 19.2 Å². The van der Waals surface area contributed by atoms with Crippen molar-refractivity contribution in [3.05, 3.63) is 52.9 Å². The highest BCUT2D eigenvalue weighted by molar-refractivity contribution is 7.80. The highest BCUT2D eigenvalue weighted by Gasteiger charge is 2.16. The van der Waals surface area contributed by atoms with E-state index in [4.69, 9.17) is 37.7 Å². The first-order valence-corrected chi connectivity index (χ1v) is 9.31. The van der Waals surface area contributed by atoms with E-state index in [9.17, 15) is 4.79 Å². The van der Waals surface area contributed by atoms with Gasteiger partial charge in [-0.3, -0.25) is 15.6 Å². The Morgan fingerprint density at radius 1 is 1.22 bits per heavy atom. The van der Waals surface area contributed by atoms with Crippen LogP contribution < -0.4 is 20.9 Å². The van der Waals surface area contributed by atoms with Gasteiger partial charge in [0.25, 0.3) is 0 Å². The number of nitrogens with one attached hydrogen (secondary N) is 3. The first-order valence-electron chi connectivity index (χ1n) is 8.53. The summed E-state index contributed by atoms with van der Waals surface area (Å²) in [5, 5.41) is 3.95. The molecule has 1 amide bonds. The SMILES string of the molecule is O=C(NNC(=S)NCC1CCCO1)c1ccc(COc2ccc(Cl)cc2)o1. The number of ether oxygens (including phenoxy) is 2. The summed E-state index contributed by atoms with van der Waals surface area (Å²) in [6, 6.07) is 10.2. The van der Waals surface area contributed by atoms with Crippen LogP contribution in [0.2, 0.25) is 5.02 Å². The topological polar surface area (TPSA) is 84.8 Å². The van der Waals surface area contributed by atoms with Gasteiger partial charge in [0.2, 0.25) is 0 Å². The Bertz CT molecular complexity index is 775. The minimum Gasteiger partial charge on any atom is -0.486 e. The van der Waals surface area contributed by atoms with Crippen molar-refractivity contribution in [2.24, 2.45) is 0 Å². The van der Waals surface area contributed by atoms with Gasteiger partial charge in [0.05, 0.1) is 6.10 Å². The summed E-state index contributed by atoms with van der Waals surface area (Å²) in [5.41, 5.74) is 5.12. The lowest BCUT2D eigenvalue weighted by molar-refractivity contribution is 0.0911. The second-order valence-electron chi connectivity index (χ2n) is 5.93. The Kier molecular flexibility index (Phi) is 6.92. The zero-order valence-corrected chi connectivity index (χ0v) is 16.1. The van der Waals surface area contributed by atoms with Crippen molar-refractivity contribution in [1.82, 2.24) is 16.2 Å². The Hall–Kier alpha value is -2.29. The molecular weight excluding hydrogens is 390 g/mol. The third-order valence-corrected chi connectivity index (χ3v) is 4.38. The third kappa shape index (κ3) is 6.13. The molecule has 1 aliphatic heterocycles. The zero-order valence-electron chi connectivity index (χ0n) is 14.5. The lowest BCUT2D eigenvalue weighted by atomic mass is 10.2. The molecule has 144 valence electrons. The van der Waals surface area contributed by atoms with Gasteiger partial charge in [0.1, 0.15) is 18.1 Å². The standard InChI is InChI=1S/C18H20ClN3O4S/c19-12-3-5-13(6-4-12)25-11-15-7-8-16(26-15)17(23)21-22-18(27)20-10-14-2-1-9-24-14/h3-8,14H,1-2,9-11H2,(H,21,23)(H2,20,22,27). The molecule has 1 fully saturated rings. The number of hydrazine groups is 1. The number of carbonyl (C=O) groups is 1. The molecule has 0 radical (unpaired) electrons. The van der Waals surface area contributed by atoms with E-state index >= 15 is 0 Å². The Morgan fingerprint density at radius 3 is 2.78 bits per heavy atom. The van der Waals surface area contributed by atoms with Crippen molar-refractivity contribution in [3.8, 4) is 5.75 Å². The number of carbonyl (C=O) groups excluding carboxylic acids is 1. The molecule has 3 rings (SSSR count).